The van der Waals surface area contributed by atoms with Gasteiger partial charge in [-0.15, -0.1) is 6.42 Å². The minimum atomic E-state index is 0.812. The van der Waals surface area contributed by atoms with Crippen LogP contribution in [0.15, 0.2) is 140 Å². The fourth-order valence-corrected chi connectivity index (χ4v) is 7.00. The van der Waals surface area contributed by atoms with Crippen molar-refractivity contribution in [3.63, 3.8) is 0 Å². The minimum Gasteiger partial charge on any atom is -0.354 e. The predicted molar refractivity (Wildman–Crippen MR) is 209 cm³/mol. The maximum Gasteiger partial charge on any atom is 0.0737 e. The normalized spacial score (nSPS) is 11.8. The van der Waals surface area contributed by atoms with Gasteiger partial charge in [-0.25, -0.2) is 9.97 Å². The fraction of sp³-hybridized carbons (Fsp3) is 0. The third-order valence-corrected chi connectivity index (χ3v) is 9.26. The van der Waals surface area contributed by atoms with E-state index in [4.69, 9.17) is 16.4 Å². The topological polar surface area (TPSA) is 57.4 Å². The number of rotatable bonds is 4. The van der Waals surface area contributed by atoms with Gasteiger partial charge in [-0.2, -0.15) is 0 Å². The number of nitrogens with one attached hydrogen (secondary N) is 2. The molecule has 0 amide bonds. The summed E-state index contributed by atoms with van der Waals surface area (Å²) >= 11 is 0. The Bertz CT molecular complexity index is 2650. The first-order chi connectivity index (χ1) is 24.7. The van der Waals surface area contributed by atoms with Gasteiger partial charge in [0.15, 0.2) is 0 Å². The number of hydrogen-bond acceptors (Lipinski definition) is 2. The molecule has 9 rings (SSSR count). The van der Waals surface area contributed by atoms with Crippen molar-refractivity contribution < 1.29 is 0 Å². The largest absolute Gasteiger partial charge is 0.354 e. The van der Waals surface area contributed by atoms with Gasteiger partial charge in [-0.1, -0.05) is 109 Å². The lowest BCUT2D eigenvalue weighted by Crippen LogP contribution is -1.90. The van der Waals surface area contributed by atoms with Crippen molar-refractivity contribution in [2.45, 2.75) is 0 Å². The molecular formula is C46H30N4. The zero-order valence-corrected chi connectivity index (χ0v) is 27.1. The Morgan fingerprint density at radius 2 is 0.720 bits per heavy atom. The summed E-state index contributed by atoms with van der Waals surface area (Å²) in [5.74, 6) is 2.81. The molecule has 0 aliphatic carbocycles. The zero-order valence-electron chi connectivity index (χ0n) is 27.1. The quantitative estimate of drug-likeness (QED) is 0.188. The molecule has 3 aromatic heterocycles. The molecule has 8 bridgehead atoms. The molecule has 0 unspecified atom stereocenters. The molecule has 0 atom stereocenters. The molecule has 0 saturated heterocycles. The summed E-state index contributed by atoms with van der Waals surface area (Å²) in [6.45, 7) is 0. The van der Waals surface area contributed by atoms with E-state index in [1.165, 1.54) is 0 Å². The summed E-state index contributed by atoms with van der Waals surface area (Å²) in [4.78, 5) is 18.3. The van der Waals surface area contributed by atoms with Gasteiger partial charge in [0.05, 0.1) is 22.8 Å². The van der Waals surface area contributed by atoms with E-state index in [1.807, 2.05) is 30.3 Å². The molecule has 50 heavy (non-hydrogen) atoms. The first-order valence-corrected chi connectivity index (χ1v) is 16.6. The average molecular weight is 639 g/mol. The van der Waals surface area contributed by atoms with Crippen LogP contribution in [0, 0.1) is 12.3 Å². The van der Waals surface area contributed by atoms with Crippen LogP contribution in [0.5, 0.6) is 0 Å². The summed E-state index contributed by atoms with van der Waals surface area (Å²) in [6, 6.07) is 48.0. The number of nitrogens with zero attached hydrogens (tertiary/aromatic N) is 2. The van der Waals surface area contributed by atoms with Crippen LogP contribution in [-0.2, 0) is 0 Å². The summed E-state index contributed by atoms with van der Waals surface area (Å²) in [5, 5.41) is 0. The maximum absolute atomic E-state index is 5.88. The van der Waals surface area contributed by atoms with Crippen LogP contribution in [0.2, 0.25) is 0 Å². The van der Waals surface area contributed by atoms with Gasteiger partial charge in [0, 0.05) is 49.9 Å². The summed E-state index contributed by atoms with van der Waals surface area (Å²) in [7, 11) is 0. The molecule has 2 N–H and O–H groups in total. The summed E-state index contributed by atoms with van der Waals surface area (Å²) in [6.07, 6.45) is 14.3. The van der Waals surface area contributed by atoms with Crippen LogP contribution in [0.4, 0.5) is 0 Å². The Labute approximate surface area is 290 Å². The molecule has 2 aliphatic rings. The smallest absolute Gasteiger partial charge is 0.0737 e. The lowest BCUT2D eigenvalue weighted by Gasteiger charge is -2.07. The Kier molecular flexibility index (Phi) is 7.15. The first-order valence-electron chi connectivity index (χ1n) is 16.6. The molecule has 5 heterocycles. The number of terminal acetylenes is 1. The molecule has 0 spiro atoms. The van der Waals surface area contributed by atoms with E-state index in [0.29, 0.717) is 0 Å². The maximum atomic E-state index is 5.88. The lowest BCUT2D eigenvalue weighted by atomic mass is 10.0. The number of H-pyrrole nitrogens is 2. The van der Waals surface area contributed by atoms with E-state index in [9.17, 15) is 0 Å². The Morgan fingerprint density at radius 1 is 0.380 bits per heavy atom. The third-order valence-electron chi connectivity index (χ3n) is 9.26. The number of hydrogen-bond donors (Lipinski definition) is 2. The highest BCUT2D eigenvalue weighted by Gasteiger charge is 2.18. The number of aromatic nitrogens is 4. The second-order valence-corrected chi connectivity index (χ2v) is 12.3. The van der Waals surface area contributed by atoms with Crippen LogP contribution in [-0.4, -0.2) is 19.9 Å². The van der Waals surface area contributed by atoms with E-state index in [-0.39, 0.29) is 0 Å². The highest BCUT2D eigenvalue weighted by molar-refractivity contribution is 5.99. The summed E-state index contributed by atoms with van der Waals surface area (Å²) in [5.41, 5.74) is 16.4. The molecule has 7 aromatic rings. The standard InChI is InChI=1S/C46H30N4/c1-2-30-13-12-20-34(29-30)46-41-27-25-39(49-41)44(32-16-8-4-9-17-32)37-23-21-35(47-37)43(31-14-6-3-7-15-31)36-22-24-38(48-36)45(33-18-10-5-11-19-33)40-26-28-42(46)50-40/h1,3-29,47,50H. The molecule has 2 aliphatic heterocycles. The van der Waals surface area contributed by atoms with Crippen molar-refractivity contribution in [3.8, 4) is 56.9 Å². The molecule has 4 nitrogen and oxygen atoms in total. The fourth-order valence-electron chi connectivity index (χ4n) is 7.00. The first kappa shape index (κ1) is 29.2. The summed E-state index contributed by atoms with van der Waals surface area (Å²) < 4.78 is 0. The van der Waals surface area contributed by atoms with Crippen LogP contribution < -0.4 is 0 Å². The van der Waals surface area contributed by atoms with Gasteiger partial charge in [0.2, 0.25) is 0 Å². The van der Waals surface area contributed by atoms with Gasteiger partial charge in [0.25, 0.3) is 0 Å². The van der Waals surface area contributed by atoms with E-state index >= 15 is 0 Å². The van der Waals surface area contributed by atoms with Gasteiger partial charge >= 0.3 is 0 Å². The molecule has 4 heteroatoms. The van der Waals surface area contributed by atoms with Crippen molar-refractivity contribution in [1.29, 1.82) is 0 Å². The Balaban J connectivity index is 1.48. The van der Waals surface area contributed by atoms with Crippen molar-refractivity contribution in [2.75, 3.05) is 0 Å². The Hall–Kier alpha value is -6.96. The molecule has 234 valence electrons. The van der Waals surface area contributed by atoms with Crippen molar-refractivity contribution in [1.82, 2.24) is 19.9 Å². The van der Waals surface area contributed by atoms with Crippen LogP contribution in [0.25, 0.3) is 90.9 Å². The third kappa shape index (κ3) is 5.15. The molecule has 4 aromatic carbocycles. The molecular weight excluding hydrogens is 609 g/mol. The van der Waals surface area contributed by atoms with Crippen molar-refractivity contribution in [2.24, 2.45) is 0 Å². The lowest BCUT2D eigenvalue weighted by molar-refractivity contribution is 1.31. The van der Waals surface area contributed by atoms with Crippen molar-refractivity contribution in [3.05, 3.63) is 168 Å². The second-order valence-electron chi connectivity index (χ2n) is 12.3. The highest BCUT2D eigenvalue weighted by atomic mass is 14.8. The SMILES string of the molecule is C#Cc1cccc(-c2c3nc(c(-c4ccccc4)c4ccc([nH]4)c(-c4ccccc4)c4nc(c(-c5ccccc5)c5ccc2[nH]5)C=C4)C=C3)c1. The number of aromatic amines is 2. The highest BCUT2D eigenvalue weighted by Crippen LogP contribution is 2.38. The van der Waals surface area contributed by atoms with E-state index in [0.717, 1.165) is 94.9 Å². The van der Waals surface area contributed by atoms with Crippen LogP contribution in [0.1, 0.15) is 28.3 Å². The second kappa shape index (κ2) is 12.2. The molecule has 0 radical (unpaired) electrons. The van der Waals surface area contributed by atoms with Crippen LogP contribution >= 0.6 is 0 Å². The van der Waals surface area contributed by atoms with E-state index < -0.39 is 0 Å². The molecule has 0 fully saturated rings. The predicted octanol–water partition coefficient (Wildman–Crippen LogP) is 11.3. The van der Waals surface area contributed by atoms with Crippen molar-refractivity contribution >= 4 is 46.4 Å². The minimum absolute atomic E-state index is 0.812. The Morgan fingerprint density at radius 3 is 1.08 bits per heavy atom. The average Bonchev–Trinajstić information content (AvgIpc) is 4.01. The molecule has 0 saturated carbocycles. The van der Waals surface area contributed by atoms with E-state index in [1.54, 1.807) is 0 Å². The van der Waals surface area contributed by atoms with Gasteiger partial charge < -0.3 is 9.97 Å². The zero-order chi connectivity index (χ0) is 33.4. The van der Waals surface area contributed by atoms with Gasteiger partial charge in [0.1, 0.15) is 0 Å². The van der Waals surface area contributed by atoms with Gasteiger partial charge in [-0.05, 0) is 83.0 Å². The monoisotopic (exact) mass is 638 g/mol. The number of benzene rings is 4. The van der Waals surface area contributed by atoms with Gasteiger partial charge in [-0.3, -0.25) is 0 Å². The number of fused-ring (bicyclic) bond motifs is 8. The van der Waals surface area contributed by atoms with E-state index in [2.05, 4.69) is 149 Å². The van der Waals surface area contributed by atoms with Crippen LogP contribution in [0.3, 0.4) is 0 Å².